The molecule has 0 aliphatic heterocycles. The quantitative estimate of drug-likeness (QED) is 0.669. The van der Waals surface area contributed by atoms with Crippen LogP contribution >= 0.6 is 0 Å². The van der Waals surface area contributed by atoms with Gasteiger partial charge in [0.2, 0.25) is 0 Å². The van der Waals surface area contributed by atoms with Crippen LogP contribution in [0.25, 0.3) is 0 Å². The number of aryl methyl sites for hydroxylation is 1. The Morgan fingerprint density at radius 3 is 2.29 bits per heavy atom. The van der Waals surface area contributed by atoms with Crippen molar-refractivity contribution in [2.75, 3.05) is 0 Å². The monoisotopic (exact) mass is 220 g/mol. The second-order valence-electron chi connectivity index (χ2n) is 5.05. The van der Waals surface area contributed by atoms with Gasteiger partial charge < -0.3 is 0 Å². The Morgan fingerprint density at radius 2 is 1.76 bits per heavy atom. The van der Waals surface area contributed by atoms with Gasteiger partial charge in [-0.15, -0.1) is 0 Å². The van der Waals surface area contributed by atoms with E-state index < -0.39 is 10.5 Å². The molecule has 0 spiro atoms. The van der Waals surface area contributed by atoms with Crippen molar-refractivity contribution in [3.05, 3.63) is 35.4 Å². The fourth-order valence-corrected chi connectivity index (χ4v) is 2.06. The second kappa shape index (κ2) is 5.37. The van der Waals surface area contributed by atoms with Gasteiger partial charge in [-0.05, 0) is 12.0 Å². The van der Waals surface area contributed by atoms with Crippen molar-refractivity contribution in [1.29, 1.82) is 0 Å². The summed E-state index contributed by atoms with van der Waals surface area (Å²) in [5.74, 6) is 0. The number of rotatable bonds is 5. The van der Waals surface area contributed by atoms with E-state index in [1.165, 1.54) is 5.56 Å². The highest BCUT2D eigenvalue weighted by Crippen LogP contribution is 2.43. The zero-order chi connectivity index (χ0) is 13.1. The second-order valence-corrected chi connectivity index (χ2v) is 5.05. The molecular weight excluding hydrogens is 201 g/mol. The average molecular weight is 220 g/mol. The fraction of sp³-hybridized carbons (Fsp3) is 0.571. The molecule has 0 fully saturated rings. The number of benzene rings is 1. The lowest BCUT2D eigenvalue weighted by atomic mass is 9.34. The predicted octanol–water partition coefficient (Wildman–Crippen LogP) is 2.89. The Morgan fingerprint density at radius 1 is 1.12 bits per heavy atom. The van der Waals surface area contributed by atoms with Crippen LogP contribution in [0, 0.1) is 0 Å². The van der Waals surface area contributed by atoms with Crippen LogP contribution in [-0.2, 0) is 11.7 Å². The maximum Gasteiger partial charge on any atom is 0.0794 e. The van der Waals surface area contributed by atoms with Crippen molar-refractivity contribution in [2.24, 2.45) is 0 Å². The Balaban J connectivity index is 3.11. The van der Waals surface area contributed by atoms with Gasteiger partial charge in [0.15, 0.2) is 0 Å². The standard InChI is InChI=1S/C14H19B3/c1-4-9-14(16,17)13(3,15)12-8-6-7-11(5-2)10-12/h6-8,10H,4-5,9H2,1-3H3. The molecule has 0 saturated heterocycles. The molecule has 1 atom stereocenters. The summed E-state index contributed by atoms with van der Waals surface area (Å²) in [6.07, 6.45) is 2.61. The summed E-state index contributed by atoms with van der Waals surface area (Å²) in [4.78, 5) is 0. The van der Waals surface area contributed by atoms with E-state index in [4.69, 9.17) is 23.5 Å². The first-order valence-electron chi connectivity index (χ1n) is 6.31. The van der Waals surface area contributed by atoms with E-state index in [-0.39, 0.29) is 0 Å². The third-order valence-electron chi connectivity index (χ3n) is 3.57. The molecule has 0 aromatic heterocycles. The van der Waals surface area contributed by atoms with Crippen molar-refractivity contribution in [1.82, 2.24) is 0 Å². The summed E-state index contributed by atoms with van der Waals surface area (Å²) in [7, 11) is 18.7. The van der Waals surface area contributed by atoms with Crippen LogP contribution in [0.4, 0.5) is 0 Å². The van der Waals surface area contributed by atoms with Gasteiger partial charge in [0.05, 0.1) is 23.5 Å². The average Bonchev–Trinajstić information content (AvgIpc) is 2.29. The summed E-state index contributed by atoms with van der Waals surface area (Å²) < 4.78 is 0. The lowest BCUT2D eigenvalue weighted by Gasteiger charge is -2.44. The third-order valence-corrected chi connectivity index (χ3v) is 3.57. The van der Waals surface area contributed by atoms with Crippen molar-refractivity contribution >= 4 is 23.5 Å². The molecule has 1 aromatic carbocycles. The molecule has 3 heteroatoms. The van der Waals surface area contributed by atoms with Crippen molar-refractivity contribution in [3.63, 3.8) is 0 Å². The van der Waals surface area contributed by atoms with Crippen LogP contribution in [0.1, 0.15) is 44.7 Å². The van der Waals surface area contributed by atoms with E-state index in [0.29, 0.717) is 6.42 Å². The fourth-order valence-electron chi connectivity index (χ4n) is 2.06. The van der Waals surface area contributed by atoms with Crippen molar-refractivity contribution in [2.45, 2.75) is 50.6 Å². The lowest BCUT2D eigenvalue weighted by Crippen LogP contribution is -2.39. The van der Waals surface area contributed by atoms with E-state index in [9.17, 15) is 0 Å². The Hall–Kier alpha value is -0.585. The first kappa shape index (κ1) is 14.5. The minimum Gasteiger partial charge on any atom is -0.0976 e. The highest BCUT2D eigenvalue weighted by molar-refractivity contribution is 6.45. The number of hydrogen-bond donors (Lipinski definition) is 0. The van der Waals surface area contributed by atoms with Crippen LogP contribution in [0.15, 0.2) is 24.3 Å². The number of hydrogen-bond acceptors (Lipinski definition) is 0. The first-order chi connectivity index (χ1) is 7.85. The Bertz CT molecular complexity index is 369. The molecule has 0 amide bonds. The largest absolute Gasteiger partial charge is 0.0976 e. The SMILES string of the molecule is [B]C([B])(CCC)C([B])(C)c1cccc(CC)c1. The molecule has 0 aliphatic rings. The maximum absolute atomic E-state index is 6.38. The van der Waals surface area contributed by atoms with E-state index in [1.54, 1.807) is 0 Å². The summed E-state index contributed by atoms with van der Waals surface area (Å²) >= 11 is 0. The van der Waals surface area contributed by atoms with Gasteiger partial charge in [-0.25, -0.2) is 0 Å². The van der Waals surface area contributed by atoms with Gasteiger partial charge in [-0.2, -0.15) is 0 Å². The Labute approximate surface area is 110 Å². The third kappa shape index (κ3) is 3.00. The molecule has 0 N–H and O–H groups in total. The highest BCUT2D eigenvalue weighted by Gasteiger charge is 2.35. The first-order valence-corrected chi connectivity index (χ1v) is 6.31. The van der Waals surface area contributed by atoms with Gasteiger partial charge in [0, 0.05) is 0 Å². The molecular formula is C14H19B3. The molecule has 1 aromatic rings. The normalized spacial score (nSPS) is 15.5. The van der Waals surface area contributed by atoms with Crippen molar-refractivity contribution < 1.29 is 0 Å². The smallest absolute Gasteiger partial charge is 0.0794 e. The van der Waals surface area contributed by atoms with E-state index in [0.717, 1.165) is 18.4 Å². The van der Waals surface area contributed by atoms with E-state index in [2.05, 4.69) is 26.0 Å². The molecule has 84 valence electrons. The molecule has 1 rings (SSSR count). The molecule has 0 bridgehead atoms. The minimum atomic E-state index is -0.881. The minimum absolute atomic E-state index is 0.705. The lowest BCUT2D eigenvalue weighted by molar-refractivity contribution is 0.515. The summed E-state index contributed by atoms with van der Waals surface area (Å²) in [6, 6.07) is 8.21. The zero-order valence-electron chi connectivity index (χ0n) is 11.2. The summed E-state index contributed by atoms with van der Waals surface area (Å²) in [5.41, 5.74) is 2.27. The predicted molar refractivity (Wildman–Crippen MR) is 78.0 cm³/mol. The molecule has 0 aliphatic carbocycles. The molecule has 17 heavy (non-hydrogen) atoms. The summed E-state index contributed by atoms with van der Waals surface area (Å²) in [6.45, 7) is 6.10. The maximum atomic E-state index is 6.38. The Kier molecular flexibility index (Phi) is 4.58. The molecule has 0 saturated carbocycles. The van der Waals surface area contributed by atoms with Gasteiger partial charge in [0.25, 0.3) is 0 Å². The van der Waals surface area contributed by atoms with Crippen LogP contribution in [0.5, 0.6) is 0 Å². The van der Waals surface area contributed by atoms with E-state index >= 15 is 0 Å². The van der Waals surface area contributed by atoms with E-state index in [1.807, 2.05) is 19.1 Å². The zero-order valence-corrected chi connectivity index (χ0v) is 11.2. The van der Waals surface area contributed by atoms with Crippen LogP contribution in [-0.4, -0.2) is 23.5 Å². The van der Waals surface area contributed by atoms with Crippen LogP contribution < -0.4 is 0 Å². The molecule has 0 heterocycles. The van der Waals surface area contributed by atoms with Crippen LogP contribution in [0.2, 0.25) is 5.21 Å². The molecule has 1 unspecified atom stereocenters. The molecule has 6 radical (unpaired) electrons. The highest BCUT2D eigenvalue weighted by atomic mass is 14.3. The van der Waals surface area contributed by atoms with Gasteiger partial charge >= 0.3 is 0 Å². The van der Waals surface area contributed by atoms with Gasteiger partial charge in [-0.3, -0.25) is 0 Å². The topological polar surface area (TPSA) is 0 Å². The van der Waals surface area contributed by atoms with Crippen LogP contribution in [0.3, 0.4) is 0 Å². The molecule has 0 nitrogen and oxygen atoms in total. The summed E-state index contributed by atoms with van der Waals surface area (Å²) in [5, 5.41) is -1.59. The van der Waals surface area contributed by atoms with Gasteiger partial charge in [-0.1, -0.05) is 74.0 Å². The van der Waals surface area contributed by atoms with Crippen molar-refractivity contribution in [3.8, 4) is 0 Å². The van der Waals surface area contributed by atoms with Gasteiger partial charge in [0.1, 0.15) is 0 Å².